The summed E-state index contributed by atoms with van der Waals surface area (Å²) in [6.45, 7) is 2.08. The van der Waals surface area contributed by atoms with Gasteiger partial charge in [0.2, 0.25) is 0 Å². The van der Waals surface area contributed by atoms with Crippen LogP contribution in [0, 0.1) is 0 Å². The quantitative estimate of drug-likeness (QED) is 0.248. The number of anilines is 1. The minimum absolute atomic E-state index is 0.0583. The van der Waals surface area contributed by atoms with Gasteiger partial charge in [-0.25, -0.2) is 4.99 Å². The minimum Gasteiger partial charge on any atom is -0.504 e. The molecule has 2 N–H and O–H groups in total. The number of amidine groups is 1. The summed E-state index contributed by atoms with van der Waals surface area (Å²) in [5.74, 6) is 0.802. The number of phenols is 1. The van der Waals surface area contributed by atoms with Crippen LogP contribution in [-0.4, -0.2) is 36.4 Å². The number of thioether (sulfide) groups is 1. The fourth-order valence-corrected chi connectivity index (χ4v) is 7.28. The number of aliphatic imine (C=N–C) groups is 1. The molecule has 6 nitrogen and oxygen atoms in total. The van der Waals surface area contributed by atoms with E-state index < -0.39 is 0 Å². The molecule has 3 aliphatic rings. The Bertz CT molecular complexity index is 1650. The molecule has 0 spiro atoms. The van der Waals surface area contributed by atoms with Crippen molar-refractivity contribution in [2.45, 2.75) is 24.7 Å². The van der Waals surface area contributed by atoms with Crippen LogP contribution in [0.3, 0.4) is 0 Å². The maximum Gasteiger partial charge on any atom is 0.264 e. The molecule has 0 radical (unpaired) electrons. The Balaban J connectivity index is 1.30. The highest BCUT2D eigenvalue weighted by molar-refractivity contribution is 8.18. The molecule has 1 fully saturated rings. The molecule has 0 saturated carbocycles. The molecule has 1 saturated heterocycles. The zero-order valence-electron chi connectivity index (χ0n) is 23.3. The van der Waals surface area contributed by atoms with E-state index in [-0.39, 0.29) is 23.5 Å². The van der Waals surface area contributed by atoms with Gasteiger partial charge in [0.15, 0.2) is 16.7 Å². The van der Waals surface area contributed by atoms with Crippen molar-refractivity contribution in [3.05, 3.63) is 124 Å². The van der Waals surface area contributed by atoms with E-state index in [0.29, 0.717) is 15.8 Å². The number of aromatic hydroxyl groups is 1. The summed E-state index contributed by atoms with van der Waals surface area (Å²) in [7, 11) is 1.50. The number of nitrogens with one attached hydrogen (secondary N) is 1. The normalized spacial score (nSPS) is 21.4. The fraction of sp³-hybridized carbons (Fsp3) is 0.200. The first kappa shape index (κ1) is 26.4. The number of phenolic OH excluding ortho intramolecular Hbond substituents is 1. The first-order chi connectivity index (χ1) is 20.6. The molecule has 0 bridgehead atoms. The molecule has 7 rings (SSSR count). The smallest absolute Gasteiger partial charge is 0.264 e. The van der Waals surface area contributed by atoms with Crippen LogP contribution >= 0.6 is 11.8 Å². The van der Waals surface area contributed by atoms with Gasteiger partial charge in [-0.3, -0.25) is 4.79 Å². The molecule has 2 atom stereocenters. The highest BCUT2D eigenvalue weighted by atomic mass is 32.2. The van der Waals surface area contributed by atoms with Gasteiger partial charge >= 0.3 is 0 Å². The van der Waals surface area contributed by atoms with Gasteiger partial charge < -0.3 is 20.1 Å². The molecule has 3 heterocycles. The number of amides is 1. The first-order valence-corrected chi connectivity index (χ1v) is 15.1. The molecule has 0 unspecified atom stereocenters. The average Bonchev–Trinajstić information content (AvgIpc) is 3.36. The lowest BCUT2D eigenvalue weighted by Gasteiger charge is -2.43. The summed E-state index contributed by atoms with van der Waals surface area (Å²) in [5, 5.41) is 13.4. The molecule has 0 aromatic heterocycles. The standard InChI is InChI=1S/C35H31N3O3S/c1-41-31-18-22(12-13-30(31)39)19-32-34(40)37-35(42-32)36-25-20-28-26(23-8-4-2-5-9-23)14-16-38-17-15-27(29(21-25)33(28)38)24-10-6-3-7-11-24/h2-13,18-21,26-27,39H,14-17H2,1H3,(H,36,37,40)/b32-19-/t26-,27+. The third-order valence-corrected chi connectivity index (χ3v) is 9.29. The minimum atomic E-state index is -0.194. The van der Waals surface area contributed by atoms with Gasteiger partial charge in [0, 0.05) is 30.6 Å². The third-order valence-electron chi connectivity index (χ3n) is 8.38. The largest absolute Gasteiger partial charge is 0.504 e. The summed E-state index contributed by atoms with van der Waals surface area (Å²) in [4.78, 5) is 21.0. The number of hydrogen-bond acceptors (Lipinski definition) is 6. The highest BCUT2D eigenvalue weighted by Gasteiger charge is 2.35. The lowest BCUT2D eigenvalue weighted by atomic mass is 9.76. The van der Waals surface area contributed by atoms with Crippen molar-refractivity contribution in [3.8, 4) is 11.5 Å². The van der Waals surface area contributed by atoms with Gasteiger partial charge in [0.05, 0.1) is 17.7 Å². The molecular formula is C35H31N3O3S. The molecular weight excluding hydrogens is 542 g/mol. The molecule has 210 valence electrons. The third kappa shape index (κ3) is 4.94. The number of methoxy groups -OCH3 is 1. The Morgan fingerprint density at radius 1 is 0.905 bits per heavy atom. The topological polar surface area (TPSA) is 74.2 Å². The van der Waals surface area contributed by atoms with Gasteiger partial charge in [-0.1, -0.05) is 66.7 Å². The maximum absolute atomic E-state index is 12.9. The van der Waals surface area contributed by atoms with Crippen LogP contribution in [0.15, 0.2) is 101 Å². The summed E-state index contributed by atoms with van der Waals surface area (Å²) in [6, 6.07) is 31.0. The van der Waals surface area contributed by atoms with Crippen molar-refractivity contribution >= 4 is 40.3 Å². The number of nitrogens with zero attached hydrogens (tertiary/aromatic N) is 2. The van der Waals surface area contributed by atoms with Crippen LogP contribution in [0.1, 0.15) is 52.5 Å². The molecule has 4 aromatic rings. The van der Waals surface area contributed by atoms with E-state index in [0.717, 1.165) is 37.2 Å². The second-order valence-corrected chi connectivity index (χ2v) is 11.9. The summed E-state index contributed by atoms with van der Waals surface area (Å²) >= 11 is 1.32. The van der Waals surface area contributed by atoms with Crippen molar-refractivity contribution in [1.82, 2.24) is 5.32 Å². The second kappa shape index (κ2) is 11.1. The van der Waals surface area contributed by atoms with Gasteiger partial charge in [-0.2, -0.15) is 0 Å². The fourth-order valence-electron chi connectivity index (χ4n) is 6.44. The lowest BCUT2D eigenvalue weighted by Crippen LogP contribution is -2.37. The Morgan fingerprint density at radius 3 is 2.12 bits per heavy atom. The van der Waals surface area contributed by atoms with Crippen molar-refractivity contribution < 1.29 is 14.6 Å². The van der Waals surface area contributed by atoms with E-state index in [2.05, 4.69) is 83.0 Å². The van der Waals surface area contributed by atoms with Crippen LogP contribution in [0.5, 0.6) is 11.5 Å². The monoisotopic (exact) mass is 573 g/mol. The van der Waals surface area contributed by atoms with E-state index in [1.807, 2.05) is 0 Å². The number of ether oxygens (including phenoxy) is 1. The molecule has 4 aromatic carbocycles. The van der Waals surface area contributed by atoms with E-state index >= 15 is 0 Å². The van der Waals surface area contributed by atoms with Gasteiger partial charge in [-0.05, 0) is 82.8 Å². The zero-order chi connectivity index (χ0) is 28.6. The molecule has 42 heavy (non-hydrogen) atoms. The van der Waals surface area contributed by atoms with Gasteiger partial charge in [0.1, 0.15) is 0 Å². The number of hydrogen-bond donors (Lipinski definition) is 2. The molecule has 3 aliphatic heterocycles. The van der Waals surface area contributed by atoms with Crippen molar-refractivity contribution in [2.75, 3.05) is 25.1 Å². The van der Waals surface area contributed by atoms with Crippen molar-refractivity contribution in [2.24, 2.45) is 4.99 Å². The van der Waals surface area contributed by atoms with Crippen LogP contribution in [-0.2, 0) is 4.79 Å². The SMILES string of the molecule is COc1cc(/C=C2\SC(=Nc3cc4c5c(c3)[C@H](c3ccccc3)CCN5CC[C@@H]4c3ccccc3)NC2=O)ccc1O. The predicted molar refractivity (Wildman–Crippen MR) is 170 cm³/mol. The molecule has 1 amide bonds. The van der Waals surface area contributed by atoms with Gasteiger partial charge in [0.25, 0.3) is 5.91 Å². The number of benzene rings is 4. The Kier molecular flexibility index (Phi) is 6.96. The number of rotatable bonds is 5. The second-order valence-electron chi connectivity index (χ2n) is 10.9. The van der Waals surface area contributed by atoms with Crippen LogP contribution < -0.4 is 15.0 Å². The van der Waals surface area contributed by atoms with Crippen LogP contribution in [0.4, 0.5) is 11.4 Å². The maximum atomic E-state index is 12.9. The number of carbonyl (C=O) groups is 1. The van der Waals surface area contributed by atoms with Crippen molar-refractivity contribution in [1.29, 1.82) is 0 Å². The van der Waals surface area contributed by atoms with E-state index in [9.17, 15) is 9.90 Å². The average molecular weight is 574 g/mol. The van der Waals surface area contributed by atoms with Crippen LogP contribution in [0.2, 0.25) is 0 Å². The number of carbonyl (C=O) groups excluding carboxylic acids is 1. The Hall–Kier alpha value is -4.49. The first-order valence-electron chi connectivity index (χ1n) is 14.3. The summed E-state index contributed by atoms with van der Waals surface area (Å²) in [5.41, 5.74) is 8.23. The van der Waals surface area contributed by atoms with Gasteiger partial charge in [-0.15, -0.1) is 0 Å². The Morgan fingerprint density at radius 2 is 1.52 bits per heavy atom. The molecule has 7 heteroatoms. The zero-order valence-corrected chi connectivity index (χ0v) is 24.1. The Labute approximate surface area is 249 Å². The summed E-state index contributed by atoms with van der Waals surface area (Å²) < 4.78 is 5.22. The van der Waals surface area contributed by atoms with Crippen LogP contribution in [0.25, 0.3) is 6.08 Å². The molecule has 0 aliphatic carbocycles. The van der Waals surface area contributed by atoms with Crippen molar-refractivity contribution in [3.63, 3.8) is 0 Å². The summed E-state index contributed by atoms with van der Waals surface area (Å²) in [6.07, 6.45) is 3.90. The lowest BCUT2D eigenvalue weighted by molar-refractivity contribution is -0.115. The highest BCUT2D eigenvalue weighted by Crippen LogP contribution is 2.50. The predicted octanol–water partition coefficient (Wildman–Crippen LogP) is 7.17. The van der Waals surface area contributed by atoms with E-state index in [1.165, 1.54) is 46.8 Å². The van der Waals surface area contributed by atoms with E-state index in [1.54, 1.807) is 24.3 Å². The van der Waals surface area contributed by atoms with E-state index in [4.69, 9.17) is 9.73 Å².